The molecule has 22 heavy (non-hydrogen) atoms. The minimum Gasteiger partial charge on any atom is -0.416 e. The third-order valence-electron chi connectivity index (χ3n) is 4.89. The molecule has 0 amide bonds. The lowest BCUT2D eigenvalue weighted by molar-refractivity contribution is 0.185. The maximum atomic E-state index is 6.34. The first-order chi connectivity index (χ1) is 10.2. The average molecular weight is 385 g/mol. The van der Waals surface area contributed by atoms with Gasteiger partial charge in [-0.1, -0.05) is 20.8 Å². The Labute approximate surface area is 144 Å². The van der Waals surface area contributed by atoms with E-state index in [9.17, 15) is 0 Å². The zero-order valence-corrected chi connectivity index (χ0v) is 17.1. The van der Waals surface area contributed by atoms with Crippen molar-refractivity contribution in [3.05, 3.63) is 28.5 Å². The van der Waals surface area contributed by atoms with Gasteiger partial charge in [0, 0.05) is 31.9 Å². The van der Waals surface area contributed by atoms with Crippen molar-refractivity contribution < 1.29 is 4.43 Å². The van der Waals surface area contributed by atoms with Gasteiger partial charge in [-0.05, 0) is 64.6 Å². The number of hydrogen-bond acceptors (Lipinski definition) is 3. The first kappa shape index (κ1) is 18.1. The molecule has 1 aromatic rings. The standard InChI is InChI=1S/C17H29BrN2OSi/c1-17(2,3)22(4,5)21-11-10-20(15-6-7-15)13-14-8-9-19-16(18)12-14/h8-9,12,15H,6-7,10-11,13H2,1-5H3. The summed E-state index contributed by atoms with van der Waals surface area (Å²) >= 11 is 3.46. The second-order valence-corrected chi connectivity index (χ2v) is 13.4. The first-order valence-corrected chi connectivity index (χ1v) is 11.9. The van der Waals surface area contributed by atoms with Gasteiger partial charge in [0.15, 0.2) is 8.32 Å². The van der Waals surface area contributed by atoms with Gasteiger partial charge in [0.05, 0.1) is 0 Å². The van der Waals surface area contributed by atoms with Crippen molar-refractivity contribution in [3.63, 3.8) is 0 Å². The highest BCUT2D eigenvalue weighted by Crippen LogP contribution is 2.36. The SMILES string of the molecule is CC(C)(C)[Si](C)(C)OCCN(Cc1ccnc(Br)c1)C1CC1. The molecule has 1 heterocycles. The third-order valence-corrected chi connectivity index (χ3v) is 9.86. The predicted molar refractivity (Wildman–Crippen MR) is 98.5 cm³/mol. The van der Waals surface area contributed by atoms with Crippen LogP contribution >= 0.6 is 15.9 Å². The number of halogens is 1. The van der Waals surface area contributed by atoms with Crippen LogP contribution in [-0.2, 0) is 11.0 Å². The highest BCUT2D eigenvalue weighted by atomic mass is 79.9. The molecule has 3 nitrogen and oxygen atoms in total. The Morgan fingerprint density at radius 3 is 2.59 bits per heavy atom. The molecule has 1 saturated carbocycles. The van der Waals surface area contributed by atoms with E-state index in [0.29, 0.717) is 0 Å². The highest BCUT2D eigenvalue weighted by Gasteiger charge is 2.37. The van der Waals surface area contributed by atoms with Crippen LogP contribution in [0.4, 0.5) is 0 Å². The topological polar surface area (TPSA) is 25.4 Å². The van der Waals surface area contributed by atoms with E-state index in [1.54, 1.807) is 0 Å². The van der Waals surface area contributed by atoms with Crippen molar-refractivity contribution in [2.24, 2.45) is 0 Å². The van der Waals surface area contributed by atoms with Crippen LogP contribution in [-0.4, -0.2) is 37.4 Å². The molecule has 1 aromatic heterocycles. The Kier molecular flexibility index (Phi) is 5.86. The number of aromatic nitrogens is 1. The van der Waals surface area contributed by atoms with Crippen LogP contribution in [0.15, 0.2) is 22.9 Å². The Balaban J connectivity index is 1.88. The summed E-state index contributed by atoms with van der Waals surface area (Å²) in [5.41, 5.74) is 1.32. The predicted octanol–water partition coefficient (Wildman–Crippen LogP) is 4.83. The summed E-state index contributed by atoms with van der Waals surface area (Å²) < 4.78 is 7.25. The van der Waals surface area contributed by atoms with Crippen molar-refractivity contribution in [3.8, 4) is 0 Å². The van der Waals surface area contributed by atoms with Crippen LogP contribution < -0.4 is 0 Å². The van der Waals surface area contributed by atoms with Gasteiger partial charge in [-0.3, -0.25) is 4.90 Å². The van der Waals surface area contributed by atoms with E-state index in [1.807, 2.05) is 6.20 Å². The summed E-state index contributed by atoms with van der Waals surface area (Å²) in [5, 5.41) is 0.285. The van der Waals surface area contributed by atoms with Gasteiger partial charge in [0.2, 0.25) is 0 Å². The van der Waals surface area contributed by atoms with Crippen molar-refractivity contribution in [1.82, 2.24) is 9.88 Å². The number of pyridine rings is 1. The van der Waals surface area contributed by atoms with E-state index in [-0.39, 0.29) is 5.04 Å². The van der Waals surface area contributed by atoms with Crippen LogP contribution in [0.2, 0.25) is 18.1 Å². The quantitative estimate of drug-likeness (QED) is 0.497. The van der Waals surface area contributed by atoms with E-state index in [4.69, 9.17) is 4.43 Å². The fourth-order valence-corrected chi connectivity index (χ4v) is 3.69. The smallest absolute Gasteiger partial charge is 0.192 e. The molecule has 0 aromatic carbocycles. The molecule has 0 atom stereocenters. The molecule has 0 saturated heterocycles. The highest BCUT2D eigenvalue weighted by molar-refractivity contribution is 9.10. The summed E-state index contributed by atoms with van der Waals surface area (Å²) in [4.78, 5) is 6.77. The minimum atomic E-state index is -1.63. The van der Waals surface area contributed by atoms with Gasteiger partial charge in [-0.15, -0.1) is 0 Å². The van der Waals surface area contributed by atoms with E-state index < -0.39 is 8.32 Å². The maximum Gasteiger partial charge on any atom is 0.192 e. The molecule has 0 aliphatic heterocycles. The van der Waals surface area contributed by atoms with Gasteiger partial charge < -0.3 is 4.43 Å². The molecule has 1 aliphatic rings. The number of rotatable bonds is 7. The van der Waals surface area contributed by atoms with E-state index in [1.165, 1.54) is 18.4 Å². The molecule has 124 valence electrons. The number of nitrogens with zero attached hydrogens (tertiary/aromatic N) is 2. The molecule has 0 unspecified atom stereocenters. The summed E-state index contributed by atoms with van der Waals surface area (Å²) in [6, 6.07) is 4.97. The normalized spacial score (nSPS) is 16.3. The van der Waals surface area contributed by atoms with Gasteiger partial charge in [0.1, 0.15) is 4.60 Å². The molecular weight excluding hydrogens is 356 g/mol. The molecule has 0 bridgehead atoms. The van der Waals surface area contributed by atoms with Crippen molar-refractivity contribution in [1.29, 1.82) is 0 Å². The van der Waals surface area contributed by atoms with Gasteiger partial charge >= 0.3 is 0 Å². The van der Waals surface area contributed by atoms with Crippen LogP contribution in [0.5, 0.6) is 0 Å². The Morgan fingerprint density at radius 1 is 1.36 bits per heavy atom. The van der Waals surface area contributed by atoms with Crippen LogP contribution in [0.3, 0.4) is 0 Å². The van der Waals surface area contributed by atoms with E-state index in [2.05, 4.69) is 71.8 Å². The molecule has 2 rings (SSSR count). The molecule has 1 aliphatic carbocycles. The summed E-state index contributed by atoms with van der Waals surface area (Å²) in [6.07, 6.45) is 4.52. The molecule has 1 fully saturated rings. The van der Waals surface area contributed by atoms with Gasteiger partial charge in [-0.2, -0.15) is 0 Å². The largest absolute Gasteiger partial charge is 0.416 e. The minimum absolute atomic E-state index is 0.285. The average Bonchev–Trinajstić information content (AvgIpc) is 3.20. The summed E-state index contributed by atoms with van der Waals surface area (Å²) in [5.74, 6) is 0. The maximum absolute atomic E-state index is 6.34. The van der Waals surface area contributed by atoms with Gasteiger partial charge in [0.25, 0.3) is 0 Å². The van der Waals surface area contributed by atoms with Crippen LogP contribution in [0, 0.1) is 0 Å². The van der Waals surface area contributed by atoms with E-state index >= 15 is 0 Å². The Bertz CT molecular complexity index is 498. The second-order valence-electron chi connectivity index (χ2n) is 7.80. The molecule has 0 N–H and O–H groups in total. The van der Waals surface area contributed by atoms with Crippen molar-refractivity contribution in [2.45, 2.75) is 64.3 Å². The Hall–Kier alpha value is -0.233. The molecular formula is C17H29BrN2OSi. The molecule has 5 heteroatoms. The van der Waals surface area contributed by atoms with Crippen LogP contribution in [0.25, 0.3) is 0 Å². The lowest BCUT2D eigenvalue weighted by Gasteiger charge is -2.37. The third kappa shape index (κ3) is 5.15. The first-order valence-electron chi connectivity index (χ1n) is 8.17. The van der Waals surface area contributed by atoms with Crippen molar-refractivity contribution in [2.75, 3.05) is 13.2 Å². The van der Waals surface area contributed by atoms with Gasteiger partial charge in [-0.25, -0.2) is 4.98 Å². The fraction of sp³-hybridized carbons (Fsp3) is 0.706. The zero-order valence-electron chi connectivity index (χ0n) is 14.5. The molecule has 0 radical (unpaired) electrons. The number of hydrogen-bond donors (Lipinski definition) is 0. The second kappa shape index (κ2) is 7.12. The monoisotopic (exact) mass is 384 g/mol. The molecule has 0 spiro atoms. The fourth-order valence-electron chi connectivity index (χ4n) is 2.24. The lowest BCUT2D eigenvalue weighted by Crippen LogP contribution is -2.43. The van der Waals surface area contributed by atoms with Crippen LogP contribution in [0.1, 0.15) is 39.2 Å². The summed E-state index contributed by atoms with van der Waals surface area (Å²) in [7, 11) is -1.63. The zero-order chi connectivity index (χ0) is 16.4. The summed E-state index contributed by atoms with van der Waals surface area (Å²) in [6.45, 7) is 14.4. The lowest BCUT2D eigenvalue weighted by atomic mass is 10.2. The van der Waals surface area contributed by atoms with E-state index in [0.717, 1.165) is 30.3 Å². The van der Waals surface area contributed by atoms with Crippen molar-refractivity contribution >= 4 is 24.2 Å². The Morgan fingerprint density at radius 2 is 2.05 bits per heavy atom.